The lowest BCUT2D eigenvalue weighted by molar-refractivity contribution is 0.101. The maximum atomic E-state index is 15.3. The van der Waals surface area contributed by atoms with E-state index in [1.54, 1.807) is 6.20 Å². The lowest BCUT2D eigenvalue weighted by Gasteiger charge is -2.20. The highest BCUT2D eigenvalue weighted by Crippen LogP contribution is 2.44. The molecule has 2 aromatic carbocycles. The molecular weight excluding hydrogens is 397 g/mol. The van der Waals surface area contributed by atoms with Gasteiger partial charge in [0.05, 0.1) is 29.3 Å². The molecule has 1 heterocycles. The van der Waals surface area contributed by atoms with Gasteiger partial charge in [-0.05, 0) is 38.2 Å². The average molecular weight is 423 g/mol. The van der Waals surface area contributed by atoms with Crippen LogP contribution in [0.15, 0.2) is 41.3 Å². The van der Waals surface area contributed by atoms with Gasteiger partial charge in [-0.3, -0.25) is 9.59 Å². The van der Waals surface area contributed by atoms with E-state index in [1.165, 1.54) is 19.6 Å². The number of ketones is 1. The van der Waals surface area contributed by atoms with Crippen molar-refractivity contribution in [3.05, 3.63) is 63.7 Å². The molecule has 6 nitrogen and oxygen atoms in total. The molecule has 0 atom stereocenters. The quantitative estimate of drug-likeness (QED) is 0.320. The molecule has 1 saturated carbocycles. The van der Waals surface area contributed by atoms with Gasteiger partial charge in [0.1, 0.15) is 5.69 Å². The molecule has 0 radical (unpaired) electrons. The molecule has 1 aromatic heterocycles. The Morgan fingerprint density at radius 1 is 1.29 bits per heavy atom. The molecule has 31 heavy (non-hydrogen) atoms. The molecule has 162 valence electrons. The average Bonchev–Trinajstić information content (AvgIpc) is 3.60. The van der Waals surface area contributed by atoms with Crippen LogP contribution < -0.4 is 21.2 Å². The number of carbonyl (C=O) groups excluding carboxylic acids is 1. The van der Waals surface area contributed by atoms with Crippen LogP contribution in [0.1, 0.15) is 48.1 Å². The summed E-state index contributed by atoms with van der Waals surface area (Å²) < 4.78 is 22.7. The number of carbonyl (C=O) groups is 1. The van der Waals surface area contributed by atoms with E-state index in [4.69, 9.17) is 10.5 Å². The Morgan fingerprint density at radius 3 is 2.61 bits per heavy atom. The third kappa shape index (κ3) is 3.87. The minimum absolute atomic E-state index is 0.00351. The zero-order valence-corrected chi connectivity index (χ0v) is 17.7. The first kappa shape index (κ1) is 20.9. The van der Waals surface area contributed by atoms with Gasteiger partial charge in [0, 0.05) is 18.8 Å². The van der Waals surface area contributed by atoms with Gasteiger partial charge in [-0.15, -0.1) is 0 Å². The molecule has 0 saturated heterocycles. The number of ether oxygens (including phenoxy) is 1. The summed E-state index contributed by atoms with van der Waals surface area (Å²) in [4.78, 5) is 25.0. The number of halogens is 1. The second-order valence-corrected chi connectivity index (χ2v) is 7.94. The van der Waals surface area contributed by atoms with E-state index in [0.717, 1.165) is 25.7 Å². The number of aromatic nitrogens is 1. The lowest BCUT2D eigenvalue weighted by Crippen LogP contribution is -2.20. The van der Waals surface area contributed by atoms with Crippen LogP contribution in [0, 0.1) is 5.82 Å². The third-order valence-electron chi connectivity index (χ3n) is 5.71. The number of nitrogens with two attached hydrogens (primary N) is 1. The normalized spacial score (nSPS) is 13.4. The maximum absolute atomic E-state index is 15.3. The number of pyridine rings is 1. The highest BCUT2D eigenvalue weighted by molar-refractivity contribution is 6.04. The van der Waals surface area contributed by atoms with Crippen molar-refractivity contribution in [1.82, 2.24) is 4.57 Å². The van der Waals surface area contributed by atoms with Crippen molar-refractivity contribution in [3.8, 4) is 5.75 Å². The Bertz CT molecular complexity index is 1200. The van der Waals surface area contributed by atoms with Crippen LogP contribution in [-0.4, -0.2) is 24.0 Å². The Hall–Kier alpha value is -3.35. The number of methoxy groups -OCH3 is 1. The van der Waals surface area contributed by atoms with Crippen molar-refractivity contribution in [3.63, 3.8) is 0 Å². The SMILES string of the molecule is COc1c(NCCCc2ccccc2)c(F)c(N)c2c(=O)c(C(C)=O)cn(C3CC3)c12. The van der Waals surface area contributed by atoms with Crippen molar-refractivity contribution in [2.24, 2.45) is 0 Å². The Morgan fingerprint density at radius 2 is 2.00 bits per heavy atom. The summed E-state index contributed by atoms with van der Waals surface area (Å²) in [6.07, 6.45) is 5.01. The third-order valence-corrected chi connectivity index (χ3v) is 5.71. The lowest BCUT2D eigenvalue weighted by atomic mass is 10.0. The number of nitrogens with one attached hydrogen (secondary N) is 1. The summed E-state index contributed by atoms with van der Waals surface area (Å²) in [5.41, 5.74) is 7.07. The number of hydrogen-bond donors (Lipinski definition) is 2. The maximum Gasteiger partial charge on any atom is 0.202 e. The molecule has 3 aromatic rings. The summed E-state index contributed by atoms with van der Waals surface area (Å²) in [5, 5.41) is 3.12. The summed E-state index contributed by atoms with van der Waals surface area (Å²) in [7, 11) is 1.44. The monoisotopic (exact) mass is 423 g/mol. The summed E-state index contributed by atoms with van der Waals surface area (Å²) in [6, 6.07) is 10.2. The molecule has 0 amide bonds. The predicted octanol–water partition coefficient (Wildman–Crippen LogP) is 4.31. The first-order valence-electron chi connectivity index (χ1n) is 10.5. The molecule has 0 unspecified atom stereocenters. The molecule has 4 rings (SSSR count). The largest absolute Gasteiger partial charge is 0.492 e. The summed E-state index contributed by atoms with van der Waals surface area (Å²) in [5.74, 6) is -0.868. The van der Waals surface area contributed by atoms with Crippen LogP contribution in [0.5, 0.6) is 5.75 Å². The zero-order chi connectivity index (χ0) is 22.1. The number of aryl methyl sites for hydroxylation is 1. The standard InChI is InChI=1S/C24H26FN3O3/c1-14(29)17-13-28(16-10-11-16)22-18(23(17)30)20(26)19(25)21(24(22)31-2)27-12-6-9-15-7-4-3-5-8-15/h3-5,7-8,13,16,27H,6,9-12,26H2,1-2H3. The molecule has 0 spiro atoms. The molecular formula is C24H26FN3O3. The van der Waals surface area contributed by atoms with Gasteiger partial charge in [-0.1, -0.05) is 30.3 Å². The van der Waals surface area contributed by atoms with E-state index in [0.29, 0.717) is 12.1 Å². The number of anilines is 2. The van der Waals surface area contributed by atoms with E-state index < -0.39 is 11.2 Å². The number of rotatable bonds is 8. The highest BCUT2D eigenvalue weighted by atomic mass is 19.1. The van der Waals surface area contributed by atoms with Gasteiger partial charge in [0.25, 0.3) is 0 Å². The molecule has 1 aliphatic rings. The van der Waals surface area contributed by atoms with Crippen molar-refractivity contribution in [1.29, 1.82) is 0 Å². The predicted molar refractivity (Wildman–Crippen MR) is 121 cm³/mol. The van der Waals surface area contributed by atoms with Crippen LogP contribution in [0.3, 0.4) is 0 Å². The molecule has 0 bridgehead atoms. The van der Waals surface area contributed by atoms with Crippen LogP contribution >= 0.6 is 0 Å². The van der Waals surface area contributed by atoms with Crippen LogP contribution in [0.25, 0.3) is 10.9 Å². The molecule has 3 N–H and O–H groups in total. The van der Waals surface area contributed by atoms with Crippen LogP contribution in [0.2, 0.25) is 0 Å². The number of fused-ring (bicyclic) bond motifs is 1. The van der Waals surface area contributed by atoms with Crippen LogP contribution in [0.4, 0.5) is 15.8 Å². The fourth-order valence-electron chi connectivity index (χ4n) is 3.98. The van der Waals surface area contributed by atoms with Gasteiger partial charge in [0.2, 0.25) is 5.43 Å². The van der Waals surface area contributed by atoms with Gasteiger partial charge in [-0.25, -0.2) is 4.39 Å². The fraction of sp³-hybridized carbons (Fsp3) is 0.333. The summed E-state index contributed by atoms with van der Waals surface area (Å²) in [6.45, 7) is 1.83. The Labute approximate surface area is 179 Å². The summed E-state index contributed by atoms with van der Waals surface area (Å²) >= 11 is 0. The molecule has 7 heteroatoms. The highest BCUT2D eigenvalue weighted by Gasteiger charge is 2.31. The van der Waals surface area contributed by atoms with Gasteiger partial charge in [0.15, 0.2) is 17.3 Å². The molecule has 1 aliphatic carbocycles. The number of Topliss-reactive ketones (excluding diaryl/α,β-unsaturated/α-hetero) is 1. The van der Waals surface area contributed by atoms with Crippen molar-refractivity contribution >= 4 is 28.1 Å². The van der Waals surface area contributed by atoms with Crippen LogP contribution in [-0.2, 0) is 6.42 Å². The number of benzene rings is 2. The van der Waals surface area contributed by atoms with E-state index in [9.17, 15) is 9.59 Å². The smallest absolute Gasteiger partial charge is 0.202 e. The van der Waals surface area contributed by atoms with Gasteiger partial charge < -0.3 is 20.4 Å². The second-order valence-electron chi connectivity index (χ2n) is 7.94. The number of nitrogens with zero attached hydrogens (tertiary/aromatic N) is 1. The zero-order valence-electron chi connectivity index (χ0n) is 17.7. The topological polar surface area (TPSA) is 86.3 Å². The molecule has 1 fully saturated rings. The fourth-order valence-corrected chi connectivity index (χ4v) is 3.98. The van der Waals surface area contributed by atoms with E-state index in [2.05, 4.69) is 17.4 Å². The Kier molecular flexibility index (Phi) is 5.67. The van der Waals surface area contributed by atoms with E-state index in [1.807, 2.05) is 22.8 Å². The van der Waals surface area contributed by atoms with Gasteiger partial charge >= 0.3 is 0 Å². The molecule has 0 aliphatic heterocycles. The van der Waals surface area contributed by atoms with E-state index >= 15 is 4.39 Å². The first-order chi connectivity index (χ1) is 14.9. The minimum Gasteiger partial charge on any atom is -0.492 e. The van der Waals surface area contributed by atoms with Crippen molar-refractivity contribution in [2.45, 2.75) is 38.6 Å². The van der Waals surface area contributed by atoms with Crippen molar-refractivity contribution < 1.29 is 13.9 Å². The van der Waals surface area contributed by atoms with Gasteiger partial charge in [-0.2, -0.15) is 0 Å². The first-order valence-corrected chi connectivity index (χ1v) is 10.5. The number of hydrogen-bond acceptors (Lipinski definition) is 5. The number of nitrogen functional groups attached to an aromatic ring is 1. The Balaban J connectivity index is 1.77. The minimum atomic E-state index is -0.732. The van der Waals surface area contributed by atoms with Crippen molar-refractivity contribution in [2.75, 3.05) is 24.7 Å². The van der Waals surface area contributed by atoms with E-state index in [-0.39, 0.29) is 39.9 Å². The second kappa shape index (κ2) is 8.41.